The molecule has 0 spiro atoms. The Bertz CT molecular complexity index is 2930. The van der Waals surface area contributed by atoms with Gasteiger partial charge in [0.1, 0.15) is 0 Å². The summed E-state index contributed by atoms with van der Waals surface area (Å²) in [4.78, 5) is 134. The van der Waals surface area contributed by atoms with E-state index in [1.165, 1.54) is 42.3 Å². The Morgan fingerprint density at radius 1 is 0.290 bits per heavy atom. The van der Waals surface area contributed by atoms with Crippen molar-refractivity contribution in [3.8, 4) is 0 Å². The molecule has 42 heteroatoms. The lowest BCUT2D eigenvalue weighted by Crippen LogP contribution is -2.39. The van der Waals surface area contributed by atoms with Gasteiger partial charge in [0.05, 0.1) is 148 Å². The van der Waals surface area contributed by atoms with Gasteiger partial charge in [-0.1, -0.05) is 0 Å². The first-order chi connectivity index (χ1) is 46.8. The fourth-order valence-corrected chi connectivity index (χ4v) is 22.5. The van der Waals surface area contributed by atoms with E-state index in [0.717, 1.165) is 29.4 Å². The van der Waals surface area contributed by atoms with Crippen molar-refractivity contribution in [3.63, 3.8) is 0 Å². The number of nitrogens with zero attached hydrogens (tertiary/aromatic N) is 6. The van der Waals surface area contributed by atoms with E-state index in [9.17, 15) is 104 Å². The zero-order chi connectivity index (χ0) is 76.1. The summed E-state index contributed by atoms with van der Waals surface area (Å²) in [6.45, 7) is -6.16. The lowest BCUT2D eigenvalue weighted by Gasteiger charge is -2.26. The van der Waals surface area contributed by atoms with E-state index in [-0.39, 0.29) is 161 Å². The molecule has 100 heavy (non-hydrogen) atoms. The van der Waals surface area contributed by atoms with Gasteiger partial charge in [0.15, 0.2) is 0 Å². The summed E-state index contributed by atoms with van der Waals surface area (Å²) in [6, 6.07) is -2.45. The highest BCUT2D eigenvalue weighted by Crippen LogP contribution is 2.40. The minimum atomic E-state index is -1.32. The molecule has 0 radical (unpaired) electrons. The summed E-state index contributed by atoms with van der Waals surface area (Å²) in [6.07, 6.45) is -7.51. The molecule has 0 heterocycles. The van der Waals surface area contributed by atoms with Gasteiger partial charge in [0.25, 0.3) is 35.4 Å². The molecule has 0 fully saturated rings. The predicted octanol–water partition coefficient (Wildman–Crippen LogP) is 1.23. The number of amides is 12. The van der Waals surface area contributed by atoms with Crippen LogP contribution in [-0.2, 0) is 0 Å². The van der Waals surface area contributed by atoms with Crippen molar-refractivity contribution in [2.75, 3.05) is 157 Å². The monoisotopic (exact) mass is 2420 g/mol. The maximum absolute atomic E-state index is 14.1. The molecular weight excluding hydrogens is 2340 g/mol. The summed E-state index contributed by atoms with van der Waals surface area (Å²) in [5.74, 6) is -4.62. The summed E-state index contributed by atoms with van der Waals surface area (Å²) in [5, 5.41) is 135. The predicted molar refractivity (Wildman–Crippen MR) is 443 cm³/mol. The Balaban J connectivity index is 2.14. The smallest absolute Gasteiger partial charge is 0.319 e. The molecule has 560 valence electrons. The minimum absolute atomic E-state index is 0.0240. The summed E-state index contributed by atoms with van der Waals surface area (Å²) in [5.41, 5.74) is -0.200. The van der Waals surface area contributed by atoms with E-state index >= 15 is 0 Å². The topological polar surface area (TPSA) is 488 Å². The first-order valence-corrected chi connectivity index (χ1v) is 39.5. The molecule has 3 rings (SSSR count). The van der Waals surface area contributed by atoms with E-state index in [4.69, 9.17) is 0 Å². The Hall–Kier alpha value is -1.62. The second-order valence-electron chi connectivity index (χ2n) is 22.7. The summed E-state index contributed by atoms with van der Waals surface area (Å²) in [7, 11) is 8.19. The van der Waals surface area contributed by atoms with Crippen molar-refractivity contribution >= 4 is 274 Å². The molecule has 6 unspecified atom stereocenters. The molecule has 0 aliphatic heterocycles. The molecule has 6 atom stereocenters. The molecule has 33 nitrogen and oxygen atoms in total. The lowest BCUT2D eigenvalue weighted by molar-refractivity contribution is 0.0510. The zero-order valence-electron chi connectivity index (χ0n) is 54.4. The number of rotatable bonds is 36. The Morgan fingerprint density at radius 3 is 0.580 bits per heavy atom. The molecule has 0 aromatic heterocycles. The average Bonchev–Trinajstić information content (AvgIpc) is 0.776. The highest BCUT2D eigenvalue weighted by Gasteiger charge is 2.36. The first-order valence-electron chi connectivity index (χ1n) is 29.8. The van der Waals surface area contributed by atoms with Crippen LogP contribution in [0, 0.1) is 38.0 Å². The van der Waals surface area contributed by atoms with Gasteiger partial charge < -0.3 is 123 Å². The second kappa shape index (κ2) is 44.6. The molecule has 12 amide bonds. The van der Waals surface area contributed by atoms with Crippen LogP contribution in [0.15, 0.2) is 0 Å². The molecule has 0 saturated carbocycles. The fraction of sp³-hybridized carbons (Fsp3) is 0.534. The number of nitrogens with one attached hydrogen (secondary N) is 6. The number of aliphatic hydroxyl groups is 12. The quantitative estimate of drug-likeness (QED) is 0.0364. The van der Waals surface area contributed by atoms with Gasteiger partial charge in [-0.2, -0.15) is 0 Å². The highest BCUT2D eigenvalue weighted by atomic mass is 127. The molecule has 0 saturated heterocycles. The number of aliphatic hydroxyl groups excluding tert-OH is 12. The standard InChI is InChI=1S/C58H79I9N12O21/c1-74(13-26(86)19-80)50(92)32-38(59)33(51(93)75(2)14-27(87)20-81)42(63)47(41(32)62)71-56(98)68-10-7-25(8-11-69-57(99)72-48-43(64)34(52(94)76(3)15-28(88)21-82)39(60)35(44(48)65)53(95)77(4)16-29(89)22-83)9-12-70-58(100)73-49-45(66)36(54(96)78(5)17-30(90)23-84)40(61)37(46(49)67)55(97)79(6)18-31(91)24-85/h25-31,80-91H,7-24H2,1-6H3,(H2,68,71,98)(H2,69,72,99)(H2,70,73,100). The second-order valence-corrected chi connectivity index (χ2v) is 32.4. The number of benzene rings is 3. The van der Waals surface area contributed by atoms with Crippen LogP contribution in [-0.4, -0.2) is 322 Å². The van der Waals surface area contributed by atoms with Crippen molar-refractivity contribution in [2.24, 2.45) is 5.92 Å². The zero-order valence-corrected chi connectivity index (χ0v) is 73.8. The third-order valence-electron chi connectivity index (χ3n) is 14.7. The largest absolute Gasteiger partial charge is 0.394 e. The fourth-order valence-electron chi connectivity index (χ4n) is 9.41. The number of hydrogen-bond acceptors (Lipinski definition) is 21. The number of carbonyl (C=O) groups excluding carboxylic acids is 9. The number of urea groups is 3. The Labute approximate surface area is 698 Å². The van der Waals surface area contributed by atoms with Gasteiger partial charge in [-0.3, -0.25) is 28.8 Å². The van der Waals surface area contributed by atoms with E-state index in [0.29, 0.717) is 0 Å². The van der Waals surface area contributed by atoms with Crippen LogP contribution < -0.4 is 31.9 Å². The molecule has 0 aliphatic rings. The highest BCUT2D eigenvalue weighted by molar-refractivity contribution is 14.1. The van der Waals surface area contributed by atoms with Crippen LogP contribution in [0.2, 0.25) is 0 Å². The molecule has 3 aromatic carbocycles. The van der Waals surface area contributed by atoms with Crippen molar-refractivity contribution in [3.05, 3.63) is 65.5 Å². The number of carbonyl (C=O) groups is 9. The van der Waals surface area contributed by atoms with Crippen molar-refractivity contribution in [1.82, 2.24) is 45.3 Å². The number of anilines is 3. The maximum Gasteiger partial charge on any atom is 0.319 e. The van der Waals surface area contributed by atoms with Gasteiger partial charge in [0.2, 0.25) is 0 Å². The lowest BCUT2D eigenvalue weighted by atomic mass is 9.97. The minimum Gasteiger partial charge on any atom is -0.394 e. The summed E-state index contributed by atoms with van der Waals surface area (Å²) < 4.78 is 1.57. The van der Waals surface area contributed by atoms with Crippen molar-refractivity contribution < 1.29 is 104 Å². The third kappa shape index (κ3) is 25.8. The number of hydrogen-bond donors (Lipinski definition) is 18. The Kier molecular flexibility index (Phi) is 41.3. The maximum atomic E-state index is 14.1. The normalized spacial score (nSPS) is 13.3. The molecule has 18 N–H and O–H groups in total. The van der Waals surface area contributed by atoms with E-state index < -0.39 is 136 Å². The van der Waals surface area contributed by atoms with E-state index in [2.05, 4.69) is 31.9 Å². The average molecular weight is 2420 g/mol. The Morgan fingerprint density at radius 2 is 0.440 bits per heavy atom. The van der Waals surface area contributed by atoms with E-state index in [1.807, 2.05) is 203 Å². The van der Waals surface area contributed by atoms with Gasteiger partial charge >= 0.3 is 18.1 Å². The molecular formula is C58H79I9N12O21. The van der Waals surface area contributed by atoms with E-state index in [1.54, 1.807) is 0 Å². The van der Waals surface area contributed by atoms with Crippen molar-refractivity contribution in [1.29, 1.82) is 0 Å². The first kappa shape index (κ1) is 92.6. The van der Waals surface area contributed by atoms with Gasteiger partial charge in [-0.05, 0) is 228 Å². The third-order valence-corrected chi connectivity index (χ3v) is 24.4. The van der Waals surface area contributed by atoms with Crippen LogP contribution >= 0.6 is 203 Å². The van der Waals surface area contributed by atoms with Crippen LogP contribution in [0.4, 0.5) is 31.4 Å². The van der Waals surface area contributed by atoms with Gasteiger partial charge in [-0.25, -0.2) is 14.4 Å². The van der Waals surface area contributed by atoms with Gasteiger partial charge in [-0.15, -0.1) is 0 Å². The van der Waals surface area contributed by atoms with Gasteiger partial charge in [0, 0.05) is 112 Å². The number of likely N-dealkylation sites (N-methyl/N-ethyl adjacent to an activating group) is 6. The summed E-state index contributed by atoms with van der Waals surface area (Å²) >= 11 is 16.5. The molecule has 0 aliphatic carbocycles. The molecule has 3 aromatic rings. The number of halogens is 9. The van der Waals surface area contributed by atoms with Crippen molar-refractivity contribution in [2.45, 2.75) is 55.9 Å². The van der Waals surface area contributed by atoms with Crippen LogP contribution in [0.3, 0.4) is 0 Å². The molecule has 0 bridgehead atoms. The van der Waals surface area contributed by atoms with Crippen LogP contribution in [0.5, 0.6) is 0 Å². The van der Waals surface area contributed by atoms with Crippen LogP contribution in [0.1, 0.15) is 81.4 Å². The van der Waals surface area contributed by atoms with Crippen LogP contribution in [0.25, 0.3) is 0 Å². The SMILES string of the molecule is CN(CC(O)CO)C(=O)c1c(I)c(NC(=O)NCCC(CCNC(=O)Nc2c(I)c(C(=O)N(C)CC(O)CO)c(I)c(C(=O)N(C)CC(O)CO)c2I)CCNC(=O)Nc2c(I)c(C(=O)N(C)CC(O)CO)c(I)c(C(=O)N(C)CC(O)CO)c2I)c(I)c(C(=O)N(C)CC(O)CO)c1I.